The van der Waals surface area contributed by atoms with Gasteiger partial charge in [0.05, 0.1) is 12.6 Å². The summed E-state index contributed by atoms with van der Waals surface area (Å²) in [7, 11) is 1.24. The Morgan fingerprint density at radius 3 is 2.80 bits per heavy atom. The SMILES string of the molecule is COC(=O)C(Cl)CNC(=O)c1ccc2ccccc2n1. The second-order valence-corrected chi connectivity index (χ2v) is 4.62. The number of hydrogen-bond donors (Lipinski definition) is 1. The van der Waals surface area contributed by atoms with E-state index < -0.39 is 11.3 Å². The maximum absolute atomic E-state index is 11.9. The predicted octanol–water partition coefficient (Wildman–Crippen LogP) is 1.74. The summed E-state index contributed by atoms with van der Waals surface area (Å²) in [6.07, 6.45) is 0. The van der Waals surface area contributed by atoms with Crippen LogP contribution in [0.25, 0.3) is 10.9 Å². The van der Waals surface area contributed by atoms with Crippen molar-refractivity contribution in [3.63, 3.8) is 0 Å². The highest BCUT2D eigenvalue weighted by Gasteiger charge is 2.17. The Morgan fingerprint density at radius 1 is 1.30 bits per heavy atom. The van der Waals surface area contributed by atoms with Crippen molar-refractivity contribution in [3.8, 4) is 0 Å². The highest BCUT2D eigenvalue weighted by molar-refractivity contribution is 6.30. The summed E-state index contributed by atoms with van der Waals surface area (Å²) in [5.41, 5.74) is 1.01. The first kappa shape index (κ1) is 14.3. The number of halogens is 1. The van der Waals surface area contributed by atoms with Gasteiger partial charge in [0, 0.05) is 11.9 Å². The van der Waals surface area contributed by atoms with Crippen LogP contribution < -0.4 is 5.32 Å². The number of amides is 1. The first-order valence-corrected chi connectivity index (χ1v) is 6.41. The number of para-hydroxylation sites is 1. The van der Waals surface area contributed by atoms with Crippen molar-refractivity contribution in [2.45, 2.75) is 5.38 Å². The molecule has 0 saturated carbocycles. The number of rotatable bonds is 4. The van der Waals surface area contributed by atoms with E-state index in [1.165, 1.54) is 7.11 Å². The van der Waals surface area contributed by atoms with Crippen LogP contribution >= 0.6 is 11.6 Å². The van der Waals surface area contributed by atoms with Crippen molar-refractivity contribution in [3.05, 3.63) is 42.1 Å². The van der Waals surface area contributed by atoms with E-state index in [9.17, 15) is 9.59 Å². The van der Waals surface area contributed by atoms with Gasteiger partial charge in [-0.1, -0.05) is 24.3 Å². The number of alkyl halides is 1. The van der Waals surface area contributed by atoms with Crippen molar-refractivity contribution < 1.29 is 14.3 Å². The molecule has 1 N–H and O–H groups in total. The Hall–Kier alpha value is -2.14. The Morgan fingerprint density at radius 2 is 2.05 bits per heavy atom. The molecule has 0 aliphatic carbocycles. The molecule has 1 heterocycles. The number of fused-ring (bicyclic) bond motifs is 1. The summed E-state index contributed by atoms with van der Waals surface area (Å²) in [6.45, 7) is -0.0123. The summed E-state index contributed by atoms with van der Waals surface area (Å²) in [5.74, 6) is -0.969. The van der Waals surface area contributed by atoms with Crippen LogP contribution in [0.5, 0.6) is 0 Å². The van der Waals surface area contributed by atoms with Gasteiger partial charge in [0.15, 0.2) is 0 Å². The average molecular weight is 293 g/mol. The van der Waals surface area contributed by atoms with Gasteiger partial charge >= 0.3 is 5.97 Å². The molecule has 0 bridgehead atoms. The van der Waals surface area contributed by atoms with Crippen molar-refractivity contribution in [2.24, 2.45) is 0 Å². The van der Waals surface area contributed by atoms with E-state index in [1.807, 2.05) is 30.3 Å². The topological polar surface area (TPSA) is 68.3 Å². The maximum atomic E-state index is 11.9. The number of esters is 1. The smallest absolute Gasteiger partial charge is 0.325 e. The lowest BCUT2D eigenvalue weighted by Crippen LogP contribution is -2.34. The third-order valence-corrected chi connectivity index (χ3v) is 3.06. The van der Waals surface area contributed by atoms with Crippen molar-refractivity contribution >= 4 is 34.4 Å². The molecule has 1 amide bonds. The Balaban J connectivity index is 2.06. The quantitative estimate of drug-likeness (QED) is 0.688. The van der Waals surface area contributed by atoms with E-state index in [1.54, 1.807) is 6.07 Å². The van der Waals surface area contributed by atoms with Gasteiger partial charge in [0.2, 0.25) is 0 Å². The Bertz CT molecular complexity index is 645. The molecule has 0 fully saturated rings. The fourth-order valence-electron chi connectivity index (χ4n) is 1.68. The minimum atomic E-state index is -0.913. The van der Waals surface area contributed by atoms with Crippen LogP contribution in [-0.2, 0) is 9.53 Å². The summed E-state index contributed by atoms with van der Waals surface area (Å²) >= 11 is 5.75. The standard InChI is InChI=1S/C14H13ClN2O3/c1-20-14(19)10(15)8-16-13(18)12-7-6-9-4-2-3-5-11(9)17-12/h2-7,10H,8H2,1H3,(H,16,18). The monoisotopic (exact) mass is 292 g/mol. The van der Waals surface area contributed by atoms with Crippen LogP contribution in [0.1, 0.15) is 10.5 Å². The first-order chi connectivity index (χ1) is 9.61. The van der Waals surface area contributed by atoms with Crippen molar-refractivity contribution in [1.82, 2.24) is 10.3 Å². The van der Waals surface area contributed by atoms with E-state index in [4.69, 9.17) is 11.6 Å². The molecule has 0 aliphatic heterocycles. The molecule has 0 spiro atoms. The Labute approximate surface area is 120 Å². The van der Waals surface area contributed by atoms with E-state index >= 15 is 0 Å². The van der Waals surface area contributed by atoms with E-state index in [-0.39, 0.29) is 18.1 Å². The van der Waals surface area contributed by atoms with Gasteiger partial charge in [0.1, 0.15) is 11.1 Å². The zero-order valence-corrected chi connectivity index (χ0v) is 11.6. The van der Waals surface area contributed by atoms with Crippen molar-refractivity contribution in [1.29, 1.82) is 0 Å². The zero-order chi connectivity index (χ0) is 14.5. The first-order valence-electron chi connectivity index (χ1n) is 5.97. The molecule has 0 radical (unpaired) electrons. The molecule has 1 aromatic heterocycles. The number of methoxy groups -OCH3 is 1. The summed E-state index contributed by atoms with van der Waals surface area (Å²) in [4.78, 5) is 27.3. The average Bonchev–Trinajstić information content (AvgIpc) is 2.50. The molecular formula is C14H13ClN2O3. The highest BCUT2D eigenvalue weighted by Crippen LogP contribution is 2.11. The molecule has 1 aromatic carbocycles. The fourth-order valence-corrected chi connectivity index (χ4v) is 1.84. The molecular weight excluding hydrogens is 280 g/mol. The van der Waals surface area contributed by atoms with Gasteiger partial charge in [-0.2, -0.15) is 0 Å². The number of benzene rings is 1. The molecule has 1 atom stereocenters. The number of carbonyl (C=O) groups is 2. The molecule has 6 heteroatoms. The molecule has 5 nitrogen and oxygen atoms in total. The van der Waals surface area contributed by atoms with Crippen LogP contribution in [0.2, 0.25) is 0 Å². The maximum Gasteiger partial charge on any atom is 0.325 e. The Kier molecular flexibility index (Phi) is 4.53. The molecule has 0 aliphatic rings. The number of pyridine rings is 1. The zero-order valence-electron chi connectivity index (χ0n) is 10.8. The molecule has 2 rings (SSSR count). The molecule has 1 unspecified atom stereocenters. The normalized spacial score (nSPS) is 11.9. The van der Waals surface area contributed by atoms with Crippen LogP contribution in [0, 0.1) is 0 Å². The molecule has 0 saturated heterocycles. The highest BCUT2D eigenvalue weighted by atomic mass is 35.5. The van der Waals surface area contributed by atoms with Crippen LogP contribution in [-0.4, -0.2) is 35.9 Å². The lowest BCUT2D eigenvalue weighted by molar-refractivity contribution is -0.140. The summed E-state index contributed by atoms with van der Waals surface area (Å²) in [6, 6.07) is 10.9. The fraction of sp³-hybridized carbons (Fsp3) is 0.214. The van der Waals surface area contributed by atoms with Crippen LogP contribution in [0.4, 0.5) is 0 Å². The number of aromatic nitrogens is 1. The van der Waals surface area contributed by atoms with Crippen LogP contribution in [0.3, 0.4) is 0 Å². The lowest BCUT2D eigenvalue weighted by Gasteiger charge is -2.09. The third kappa shape index (κ3) is 3.24. The molecule has 20 heavy (non-hydrogen) atoms. The number of ether oxygens (including phenoxy) is 1. The minimum Gasteiger partial charge on any atom is -0.468 e. The molecule has 2 aromatic rings. The largest absolute Gasteiger partial charge is 0.468 e. The molecule has 104 valence electrons. The second kappa shape index (κ2) is 6.34. The number of nitrogens with zero attached hydrogens (tertiary/aromatic N) is 1. The van der Waals surface area contributed by atoms with E-state index in [0.717, 1.165) is 10.9 Å². The van der Waals surface area contributed by atoms with Crippen LogP contribution in [0.15, 0.2) is 36.4 Å². The van der Waals surface area contributed by atoms with E-state index in [2.05, 4.69) is 15.0 Å². The summed E-state index contributed by atoms with van der Waals surface area (Å²) in [5, 5.41) is 2.58. The van der Waals surface area contributed by atoms with Gasteiger partial charge in [-0.3, -0.25) is 9.59 Å². The number of carbonyl (C=O) groups excluding carboxylic acids is 2. The van der Waals surface area contributed by atoms with Gasteiger partial charge in [-0.15, -0.1) is 11.6 Å². The van der Waals surface area contributed by atoms with Crippen molar-refractivity contribution in [2.75, 3.05) is 13.7 Å². The predicted molar refractivity (Wildman–Crippen MR) is 75.7 cm³/mol. The number of hydrogen-bond acceptors (Lipinski definition) is 4. The number of nitrogens with one attached hydrogen (secondary N) is 1. The summed E-state index contributed by atoms with van der Waals surface area (Å²) < 4.78 is 4.47. The third-order valence-electron chi connectivity index (χ3n) is 2.73. The van der Waals surface area contributed by atoms with E-state index in [0.29, 0.717) is 0 Å². The minimum absolute atomic E-state index is 0.0123. The van der Waals surface area contributed by atoms with Gasteiger partial charge in [-0.25, -0.2) is 4.98 Å². The van der Waals surface area contributed by atoms with Gasteiger partial charge in [0.25, 0.3) is 5.91 Å². The van der Waals surface area contributed by atoms with Gasteiger partial charge < -0.3 is 10.1 Å². The second-order valence-electron chi connectivity index (χ2n) is 4.09. The lowest BCUT2D eigenvalue weighted by atomic mass is 10.2. The van der Waals surface area contributed by atoms with Gasteiger partial charge in [-0.05, 0) is 12.1 Å².